The summed E-state index contributed by atoms with van der Waals surface area (Å²) < 4.78 is 0. The number of para-hydroxylation sites is 1. The molecule has 5 N–H and O–H groups in total. The molecule has 3 amide bonds. The van der Waals surface area contributed by atoms with Crippen LogP contribution in [0.3, 0.4) is 0 Å². The summed E-state index contributed by atoms with van der Waals surface area (Å²) >= 11 is 1.58. The first-order chi connectivity index (χ1) is 32.5. The summed E-state index contributed by atoms with van der Waals surface area (Å²) in [7, 11) is 0. The number of phenols is 1. The smallest absolute Gasteiger partial charge is 0.253 e. The van der Waals surface area contributed by atoms with Crippen molar-refractivity contribution in [2.75, 3.05) is 18.0 Å². The maximum absolute atomic E-state index is 14.3. The Balaban J connectivity index is 0.739. The molecule has 0 unspecified atom stereocenters. The lowest BCUT2D eigenvalue weighted by Crippen LogP contribution is -2.60. The number of nitrogens with one attached hydrogen (secondary N) is 3. The number of H-pyrrole nitrogens is 1. The van der Waals surface area contributed by atoms with Gasteiger partial charge in [0, 0.05) is 60.9 Å². The third-order valence-corrected chi connectivity index (χ3v) is 15.7. The number of aryl methyl sites for hydroxylation is 1. The van der Waals surface area contributed by atoms with Gasteiger partial charge in [0.05, 0.1) is 33.9 Å². The number of aromatic hydroxyl groups is 1. The number of fused-ring (bicyclic) bond motifs is 3. The fourth-order valence-corrected chi connectivity index (χ4v) is 11.7. The summed E-state index contributed by atoms with van der Waals surface area (Å²) in [5.74, 6) is -0.165. The zero-order valence-corrected chi connectivity index (χ0v) is 39.6. The zero-order chi connectivity index (χ0) is 47.6. The average Bonchev–Trinajstić information content (AvgIpc) is 3.92. The lowest BCUT2D eigenvalue weighted by Gasteiger charge is -2.57. The van der Waals surface area contributed by atoms with E-state index < -0.39 is 23.6 Å². The molecule has 2 aromatic carbocycles. The molecule has 352 valence electrons. The summed E-state index contributed by atoms with van der Waals surface area (Å²) in [5, 5.41) is 36.7. The molecule has 6 heterocycles. The van der Waals surface area contributed by atoms with Gasteiger partial charge in [-0.05, 0) is 103 Å². The van der Waals surface area contributed by atoms with Crippen LogP contribution in [-0.4, -0.2) is 94.2 Å². The Bertz CT molecular complexity index is 2970. The Morgan fingerprint density at radius 3 is 2.37 bits per heavy atom. The molecule has 1 spiro atoms. The molecule has 17 heteroatoms. The molecular formula is C51H56N10O6S. The standard InChI is InChI=1S/C51H56N10O6S/c1-27(29-10-12-30(13-11-29)42-28(2)54-26-68-42)55-47(66)40-16-34(62)24-61(40)48(67)43(50(3,4)5)56-45(64)32-20-51(21-32)18-31(19-51)33-22-52-49(53-23-33)60-15-14-35-38(25-60)37-17-39(36-8-6-7-9-41(36)63)58-59-44(37)57-46(35)65/h6-13,17,22-23,26-27,31-32,34,40,43,62-63H,14-16,18-21,24-25H2,1-5H3,(H,55,66)(H,56,64)(H,57,59,65)/t27-,31?,32?,34+,40-,43+,51?/m0/s1. The highest BCUT2D eigenvalue weighted by Crippen LogP contribution is 2.64. The number of hydrogen-bond donors (Lipinski definition) is 5. The first-order valence-corrected chi connectivity index (χ1v) is 24.3. The van der Waals surface area contributed by atoms with E-state index in [-0.39, 0.29) is 65.3 Å². The van der Waals surface area contributed by atoms with Gasteiger partial charge in [-0.15, -0.1) is 21.5 Å². The number of aromatic nitrogens is 6. The molecule has 2 saturated carbocycles. The molecule has 2 aliphatic carbocycles. The number of amides is 3. The van der Waals surface area contributed by atoms with Gasteiger partial charge in [-0.1, -0.05) is 57.2 Å². The number of nitrogens with zero attached hydrogens (tertiary/aromatic N) is 7. The molecule has 16 nitrogen and oxygen atoms in total. The number of aliphatic hydroxyl groups excluding tert-OH is 1. The van der Waals surface area contributed by atoms with Crippen molar-refractivity contribution >= 4 is 46.0 Å². The molecule has 4 aromatic heterocycles. The maximum atomic E-state index is 14.3. The van der Waals surface area contributed by atoms with Gasteiger partial charge in [0.2, 0.25) is 23.7 Å². The number of pyridine rings is 1. The van der Waals surface area contributed by atoms with Gasteiger partial charge in [0.15, 0.2) is 5.65 Å². The molecule has 0 radical (unpaired) electrons. The number of likely N-dealkylation sites (tertiary alicyclic amines) is 1. The van der Waals surface area contributed by atoms with E-state index in [0.29, 0.717) is 47.9 Å². The van der Waals surface area contributed by atoms with E-state index in [1.165, 1.54) is 4.90 Å². The second-order valence-corrected chi connectivity index (χ2v) is 21.3. The molecule has 10 rings (SSSR count). The van der Waals surface area contributed by atoms with Crippen molar-refractivity contribution in [2.45, 2.75) is 110 Å². The first-order valence-electron chi connectivity index (χ1n) is 23.4. The summed E-state index contributed by atoms with van der Waals surface area (Å²) in [6, 6.07) is 14.7. The van der Waals surface area contributed by atoms with Crippen molar-refractivity contribution in [3.05, 3.63) is 111 Å². The van der Waals surface area contributed by atoms with Gasteiger partial charge < -0.3 is 35.6 Å². The van der Waals surface area contributed by atoms with Crippen LogP contribution >= 0.6 is 11.3 Å². The molecule has 0 bridgehead atoms. The fraction of sp³-hybridized carbons (Fsp3) is 0.431. The number of carbonyl (C=O) groups excluding carboxylic acids is 3. The van der Waals surface area contributed by atoms with Crippen LogP contribution in [0.5, 0.6) is 5.75 Å². The second-order valence-electron chi connectivity index (χ2n) is 20.4. The summed E-state index contributed by atoms with van der Waals surface area (Å²) in [6.45, 7) is 10.6. The third-order valence-electron chi connectivity index (χ3n) is 14.7. The third kappa shape index (κ3) is 8.50. The maximum Gasteiger partial charge on any atom is 0.253 e. The van der Waals surface area contributed by atoms with Crippen LogP contribution in [0.15, 0.2) is 77.3 Å². The summed E-state index contributed by atoms with van der Waals surface area (Å²) in [5.41, 5.74) is 7.99. The number of carbonyl (C=O) groups is 3. The second kappa shape index (κ2) is 17.5. The van der Waals surface area contributed by atoms with Crippen LogP contribution in [0.2, 0.25) is 0 Å². The zero-order valence-electron chi connectivity index (χ0n) is 38.8. The van der Waals surface area contributed by atoms with E-state index in [1.54, 1.807) is 29.5 Å². The SMILES string of the molecule is Cc1ncsc1-c1ccc([C@H](C)NC(=O)[C@@H]2C[C@@H](O)CN2C(=O)[C@@H](NC(=O)C2CC3(C2)CC(c2cnc(N4CCc5c(c6cc(-c7ccccc7O)nnc6[nH]c5=O)C4)nc2)C3)C(C)(C)C)cc1. The normalized spacial score (nSPS) is 23.1. The largest absolute Gasteiger partial charge is 0.507 e. The molecule has 1 saturated heterocycles. The Morgan fingerprint density at radius 2 is 1.68 bits per heavy atom. The Labute approximate surface area is 397 Å². The number of hydrogen-bond acceptors (Lipinski definition) is 13. The minimum atomic E-state index is -0.889. The lowest BCUT2D eigenvalue weighted by molar-refractivity contribution is -0.148. The number of aliphatic hydroxyl groups is 1. The van der Waals surface area contributed by atoms with Crippen LogP contribution in [0.25, 0.3) is 32.7 Å². The van der Waals surface area contributed by atoms with Gasteiger partial charge in [-0.25, -0.2) is 15.0 Å². The molecular weight excluding hydrogens is 881 g/mol. The highest BCUT2D eigenvalue weighted by Gasteiger charge is 2.56. The first kappa shape index (κ1) is 45.2. The molecule has 6 aromatic rings. The van der Waals surface area contributed by atoms with Crippen LogP contribution < -0.4 is 21.1 Å². The van der Waals surface area contributed by atoms with Gasteiger partial charge >= 0.3 is 0 Å². The number of rotatable bonds is 10. The molecule has 4 atom stereocenters. The number of phenolic OH excluding ortho intramolecular Hbond substituents is 1. The van der Waals surface area contributed by atoms with Gasteiger partial charge in [-0.2, -0.15) is 0 Å². The van der Waals surface area contributed by atoms with Crippen molar-refractivity contribution in [2.24, 2.45) is 16.7 Å². The minimum absolute atomic E-state index is 0.0118. The van der Waals surface area contributed by atoms with Crippen molar-refractivity contribution < 1.29 is 24.6 Å². The number of β-amino-alcohol motifs (C(OH)–C–C–N with tert-alkyl or cyclic N) is 1. The van der Waals surface area contributed by atoms with E-state index in [0.717, 1.165) is 63.9 Å². The van der Waals surface area contributed by atoms with E-state index in [1.807, 2.05) is 88.9 Å². The quantitative estimate of drug-likeness (QED) is 0.105. The minimum Gasteiger partial charge on any atom is -0.507 e. The van der Waals surface area contributed by atoms with Crippen molar-refractivity contribution in [1.29, 1.82) is 0 Å². The average molecular weight is 937 g/mol. The number of benzene rings is 2. The van der Waals surface area contributed by atoms with Crippen LogP contribution in [0.1, 0.15) is 99.7 Å². The lowest BCUT2D eigenvalue weighted by atomic mass is 9.47. The van der Waals surface area contributed by atoms with E-state index in [9.17, 15) is 29.4 Å². The van der Waals surface area contributed by atoms with Crippen LogP contribution in [-0.2, 0) is 27.3 Å². The van der Waals surface area contributed by atoms with Crippen molar-refractivity contribution in [3.8, 4) is 27.4 Å². The van der Waals surface area contributed by atoms with E-state index in [2.05, 4.69) is 35.7 Å². The van der Waals surface area contributed by atoms with Crippen molar-refractivity contribution in [1.82, 2.24) is 45.7 Å². The molecule has 2 aliphatic heterocycles. The predicted molar refractivity (Wildman–Crippen MR) is 258 cm³/mol. The predicted octanol–water partition coefficient (Wildman–Crippen LogP) is 6.12. The number of thiazole rings is 1. The van der Waals surface area contributed by atoms with E-state index in [4.69, 9.17) is 9.97 Å². The monoisotopic (exact) mass is 936 g/mol. The number of anilines is 1. The molecule has 68 heavy (non-hydrogen) atoms. The fourth-order valence-electron chi connectivity index (χ4n) is 10.9. The highest BCUT2D eigenvalue weighted by molar-refractivity contribution is 7.13. The van der Waals surface area contributed by atoms with Gasteiger partial charge in [0.1, 0.15) is 17.8 Å². The van der Waals surface area contributed by atoms with Crippen LogP contribution in [0.4, 0.5) is 5.95 Å². The molecule has 4 aliphatic rings. The Hall–Kier alpha value is -6.59. The van der Waals surface area contributed by atoms with E-state index >= 15 is 0 Å². The summed E-state index contributed by atoms with van der Waals surface area (Å²) in [6.07, 6.45) is 6.84. The highest BCUT2D eigenvalue weighted by atomic mass is 32.1. The molecule has 3 fully saturated rings. The number of aromatic amines is 1. The van der Waals surface area contributed by atoms with Crippen LogP contribution in [0, 0.1) is 23.7 Å². The summed E-state index contributed by atoms with van der Waals surface area (Å²) in [4.78, 5) is 76.4. The van der Waals surface area contributed by atoms with Gasteiger partial charge in [0.25, 0.3) is 5.56 Å². The Kier molecular flexibility index (Phi) is 11.6. The topological polar surface area (TPSA) is 220 Å². The Morgan fingerprint density at radius 1 is 0.941 bits per heavy atom. The van der Waals surface area contributed by atoms with Gasteiger partial charge in [-0.3, -0.25) is 19.2 Å². The van der Waals surface area contributed by atoms with Crippen molar-refractivity contribution in [3.63, 3.8) is 0 Å².